The van der Waals surface area contributed by atoms with Gasteiger partial charge in [0.15, 0.2) is 6.10 Å². The standard InChI is InChI=1S/C14H10N2O2/c15-16-8-12(17)14-13(18-14)11-6-5-9-3-1-2-4-10(9)7-11/h1-8,13-14H/t13-,14-/m1/s1. The molecule has 1 fully saturated rings. The smallest absolute Gasteiger partial charge is 0.326 e. The molecule has 0 bridgehead atoms. The van der Waals surface area contributed by atoms with E-state index in [2.05, 4.69) is 4.79 Å². The highest BCUT2D eigenvalue weighted by Gasteiger charge is 2.46. The monoisotopic (exact) mass is 238 g/mol. The highest BCUT2D eigenvalue weighted by Crippen LogP contribution is 2.39. The highest BCUT2D eigenvalue weighted by molar-refractivity contribution is 6.28. The third-order valence-electron chi connectivity index (χ3n) is 3.06. The van der Waals surface area contributed by atoms with Gasteiger partial charge in [-0.1, -0.05) is 36.4 Å². The van der Waals surface area contributed by atoms with Crippen molar-refractivity contribution in [2.24, 2.45) is 0 Å². The van der Waals surface area contributed by atoms with Crippen LogP contribution in [0.1, 0.15) is 11.7 Å². The number of epoxide rings is 1. The first-order valence-electron chi connectivity index (χ1n) is 5.65. The number of fused-ring (bicyclic) bond motifs is 1. The summed E-state index contributed by atoms with van der Waals surface area (Å²) in [5.74, 6) is -0.310. The molecular weight excluding hydrogens is 228 g/mol. The van der Waals surface area contributed by atoms with E-state index in [-0.39, 0.29) is 11.9 Å². The third-order valence-corrected chi connectivity index (χ3v) is 3.06. The van der Waals surface area contributed by atoms with Crippen LogP contribution in [-0.4, -0.2) is 22.9 Å². The van der Waals surface area contributed by atoms with Gasteiger partial charge in [-0.15, -0.1) is 0 Å². The summed E-state index contributed by atoms with van der Waals surface area (Å²) < 4.78 is 5.31. The summed E-state index contributed by atoms with van der Waals surface area (Å²) >= 11 is 0. The van der Waals surface area contributed by atoms with Crippen molar-refractivity contribution in [1.29, 1.82) is 0 Å². The molecule has 0 spiro atoms. The van der Waals surface area contributed by atoms with Crippen LogP contribution in [0.15, 0.2) is 42.5 Å². The van der Waals surface area contributed by atoms with Crippen LogP contribution in [0, 0.1) is 0 Å². The number of benzene rings is 2. The number of ketones is 1. The fourth-order valence-electron chi connectivity index (χ4n) is 2.10. The minimum Gasteiger partial charge on any atom is -0.361 e. The van der Waals surface area contributed by atoms with Gasteiger partial charge in [-0.05, 0) is 22.4 Å². The minimum absolute atomic E-state index is 0.222. The molecular formula is C14H10N2O2. The van der Waals surface area contributed by atoms with E-state index in [0.717, 1.165) is 22.6 Å². The topological polar surface area (TPSA) is 66.0 Å². The molecule has 1 aliphatic rings. The van der Waals surface area contributed by atoms with E-state index in [9.17, 15) is 4.79 Å². The zero-order valence-electron chi connectivity index (χ0n) is 9.48. The van der Waals surface area contributed by atoms with Crippen molar-refractivity contribution in [3.8, 4) is 0 Å². The summed E-state index contributed by atoms with van der Waals surface area (Å²) in [5.41, 5.74) is 9.28. The zero-order chi connectivity index (χ0) is 12.5. The molecule has 1 heterocycles. The van der Waals surface area contributed by atoms with Crippen molar-refractivity contribution in [3.63, 3.8) is 0 Å². The van der Waals surface area contributed by atoms with Gasteiger partial charge in [-0.25, -0.2) is 0 Å². The van der Waals surface area contributed by atoms with Crippen molar-refractivity contribution >= 4 is 22.8 Å². The lowest BCUT2D eigenvalue weighted by Gasteiger charge is -2.00. The second-order valence-corrected chi connectivity index (χ2v) is 4.23. The molecule has 0 amide bonds. The summed E-state index contributed by atoms with van der Waals surface area (Å²) in [6.45, 7) is 0. The van der Waals surface area contributed by atoms with Crippen LogP contribution in [0.25, 0.3) is 16.3 Å². The first-order valence-corrected chi connectivity index (χ1v) is 5.65. The molecule has 0 aliphatic carbocycles. The normalized spacial score (nSPS) is 21.3. The Morgan fingerprint density at radius 2 is 2.00 bits per heavy atom. The number of carbonyl (C=O) groups excluding carboxylic acids is 1. The maximum Gasteiger partial charge on any atom is 0.326 e. The van der Waals surface area contributed by atoms with E-state index in [1.54, 1.807) is 0 Å². The molecule has 2 aromatic carbocycles. The zero-order valence-corrected chi connectivity index (χ0v) is 9.48. The maximum atomic E-state index is 11.4. The van der Waals surface area contributed by atoms with Crippen LogP contribution >= 0.6 is 0 Å². The second-order valence-electron chi connectivity index (χ2n) is 4.23. The predicted octanol–water partition coefficient (Wildman–Crippen LogP) is 2.15. The van der Waals surface area contributed by atoms with Crippen LogP contribution in [0.2, 0.25) is 0 Å². The molecule has 88 valence electrons. The first-order chi connectivity index (χ1) is 8.79. The second kappa shape index (κ2) is 4.18. The summed E-state index contributed by atoms with van der Waals surface area (Å²) in [5, 5.41) is 2.27. The summed E-state index contributed by atoms with van der Waals surface area (Å²) in [7, 11) is 0. The lowest BCUT2D eigenvalue weighted by atomic mass is 10.0. The number of carbonyl (C=O) groups is 1. The molecule has 4 nitrogen and oxygen atoms in total. The van der Waals surface area contributed by atoms with Gasteiger partial charge in [-0.3, -0.25) is 4.79 Å². The van der Waals surface area contributed by atoms with Gasteiger partial charge in [0, 0.05) is 0 Å². The number of nitrogens with zero attached hydrogens (tertiary/aromatic N) is 2. The molecule has 0 aromatic heterocycles. The molecule has 2 aromatic rings. The van der Waals surface area contributed by atoms with Crippen LogP contribution in [0.5, 0.6) is 0 Å². The van der Waals surface area contributed by atoms with Crippen molar-refractivity contribution in [1.82, 2.24) is 0 Å². The number of Topliss-reactive ketones (excluding diaryl/α,β-unsaturated/α-hetero) is 1. The van der Waals surface area contributed by atoms with E-state index in [1.165, 1.54) is 0 Å². The molecule has 0 saturated carbocycles. The summed E-state index contributed by atoms with van der Waals surface area (Å²) in [6.07, 6.45) is 0.147. The van der Waals surface area contributed by atoms with Crippen LogP contribution < -0.4 is 0 Å². The van der Waals surface area contributed by atoms with Gasteiger partial charge in [0.1, 0.15) is 6.10 Å². The van der Waals surface area contributed by atoms with E-state index in [0.29, 0.717) is 0 Å². The Morgan fingerprint density at radius 1 is 1.22 bits per heavy atom. The van der Waals surface area contributed by atoms with Gasteiger partial charge >= 0.3 is 6.21 Å². The molecule has 18 heavy (non-hydrogen) atoms. The number of ether oxygens (including phenoxy) is 1. The molecule has 3 rings (SSSR count). The Kier molecular flexibility index (Phi) is 2.52. The Bertz CT molecular complexity index is 674. The fourth-order valence-corrected chi connectivity index (χ4v) is 2.10. The maximum absolute atomic E-state index is 11.4. The van der Waals surface area contributed by atoms with Crippen molar-refractivity contribution in [3.05, 3.63) is 53.6 Å². The lowest BCUT2D eigenvalue weighted by Crippen LogP contribution is -2.09. The van der Waals surface area contributed by atoms with Gasteiger partial charge in [0.25, 0.3) is 5.78 Å². The molecule has 2 atom stereocenters. The van der Waals surface area contributed by atoms with E-state index in [1.807, 2.05) is 42.5 Å². The molecule has 0 unspecified atom stereocenters. The number of hydrogen-bond acceptors (Lipinski definition) is 2. The van der Waals surface area contributed by atoms with Crippen LogP contribution in [0.3, 0.4) is 0 Å². The Hall–Kier alpha value is -2.29. The summed E-state index contributed by atoms with van der Waals surface area (Å²) in [4.78, 5) is 14.1. The Labute approximate surface area is 103 Å². The summed E-state index contributed by atoms with van der Waals surface area (Å²) in [6, 6.07) is 14.0. The molecule has 4 heteroatoms. The van der Waals surface area contributed by atoms with Gasteiger partial charge < -0.3 is 10.3 Å². The minimum atomic E-state index is -0.512. The lowest BCUT2D eigenvalue weighted by molar-refractivity contribution is -0.117. The molecule has 0 N–H and O–H groups in total. The first kappa shape index (κ1) is 10.8. The Balaban J connectivity index is 1.88. The van der Waals surface area contributed by atoms with Gasteiger partial charge in [-0.2, -0.15) is 4.79 Å². The third kappa shape index (κ3) is 1.84. The van der Waals surface area contributed by atoms with Crippen LogP contribution in [0.4, 0.5) is 0 Å². The van der Waals surface area contributed by atoms with Crippen molar-refractivity contribution in [2.45, 2.75) is 12.2 Å². The van der Waals surface area contributed by atoms with Gasteiger partial charge in [0.2, 0.25) is 0 Å². The highest BCUT2D eigenvalue weighted by atomic mass is 16.6. The average Bonchev–Trinajstić information content (AvgIpc) is 3.19. The van der Waals surface area contributed by atoms with E-state index < -0.39 is 6.10 Å². The fraction of sp³-hybridized carbons (Fsp3) is 0.143. The quantitative estimate of drug-likeness (QED) is 0.356. The van der Waals surface area contributed by atoms with Crippen LogP contribution in [-0.2, 0) is 9.53 Å². The SMILES string of the molecule is [N-]=[N+]=CC(=O)[C@H]1O[C@@H]1c1ccc2ccccc2c1. The number of rotatable bonds is 3. The molecule has 1 aliphatic heterocycles. The van der Waals surface area contributed by atoms with E-state index in [4.69, 9.17) is 10.3 Å². The van der Waals surface area contributed by atoms with Crippen molar-refractivity contribution < 1.29 is 14.3 Å². The largest absolute Gasteiger partial charge is 0.361 e. The Morgan fingerprint density at radius 3 is 2.78 bits per heavy atom. The van der Waals surface area contributed by atoms with Crippen molar-refractivity contribution in [2.75, 3.05) is 0 Å². The molecule has 0 radical (unpaired) electrons. The van der Waals surface area contributed by atoms with E-state index >= 15 is 0 Å². The number of hydrogen-bond donors (Lipinski definition) is 0. The average molecular weight is 238 g/mol. The predicted molar refractivity (Wildman–Crippen MR) is 66.3 cm³/mol. The molecule has 1 saturated heterocycles. The van der Waals surface area contributed by atoms with Gasteiger partial charge in [0.05, 0.1) is 0 Å².